The fraction of sp³-hybridized carbons (Fsp3) is 0.837. The topological polar surface area (TPSA) is 588 Å². The van der Waals surface area contributed by atoms with Crippen LogP contribution in [-0.2, 0) is 117 Å². The molecule has 50 heteroatoms. The molecule has 12 heterocycles. The minimum Gasteiger partial charge on any atom is -0.469 e. The summed E-state index contributed by atoms with van der Waals surface area (Å²) in [6, 6.07) is 16.9. The number of hydrogen-bond donors (Lipinski definition) is 10. The molecule has 0 amide bonds. The van der Waals surface area contributed by atoms with E-state index in [0.717, 1.165) is 283 Å². The fourth-order valence-electron chi connectivity index (χ4n) is 14.2. The van der Waals surface area contributed by atoms with Crippen molar-refractivity contribution in [3.8, 4) is 18.2 Å². The molecule has 12 saturated heterocycles. The number of morpholine rings is 12. The quantitative estimate of drug-likeness (QED) is 0.0101. The van der Waals surface area contributed by atoms with E-state index < -0.39 is 68.9 Å². The highest BCUT2D eigenvalue weighted by Crippen LogP contribution is 2.11. The number of ketones is 1. The molecule has 142 heavy (non-hydrogen) atoms. The molecular weight excluding hydrogens is 1910 g/mol. The Morgan fingerprint density at radius 1 is 0.394 bits per heavy atom. The van der Waals surface area contributed by atoms with Crippen LogP contribution in [0.2, 0.25) is 0 Å². The highest BCUT2D eigenvalue weighted by Gasteiger charge is 2.32. The lowest BCUT2D eigenvalue weighted by atomic mass is 10.0. The third-order valence-electron chi connectivity index (χ3n) is 22.5. The number of esters is 3. The molecule has 0 radical (unpaired) electrons. The number of aliphatic hydroxyl groups is 8. The zero-order chi connectivity index (χ0) is 104. The van der Waals surface area contributed by atoms with Crippen molar-refractivity contribution in [1.29, 1.82) is 15.8 Å². The van der Waals surface area contributed by atoms with Crippen molar-refractivity contribution in [3.63, 3.8) is 0 Å². The van der Waals surface area contributed by atoms with Crippen molar-refractivity contribution >= 4 is 43.9 Å². The van der Waals surface area contributed by atoms with Gasteiger partial charge in [0.1, 0.15) is 24.1 Å². The van der Waals surface area contributed by atoms with Crippen LogP contribution in [0, 0.1) is 34.0 Å². The number of rotatable bonds is 34. The van der Waals surface area contributed by atoms with E-state index in [1.807, 2.05) is 27.7 Å². The molecule has 12 fully saturated rings. The summed E-state index contributed by atoms with van der Waals surface area (Å²) in [5.74, 6) is -1.79. The number of methoxy groups -OCH3 is 2. The van der Waals surface area contributed by atoms with Crippen LogP contribution in [0.1, 0.15) is 31.7 Å². The van der Waals surface area contributed by atoms with Crippen molar-refractivity contribution in [3.05, 3.63) is 48.0 Å². The smallest absolute Gasteiger partial charge is 0.319 e. The lowest BCUT2D eigenvalue weighted by Gasteiger charge is -2.28. The number of hydrogen-bond acceptors (Lipinski definition) is 46. The van der Waals surface area contributed by atoms with Gasteiger partial charge in [-0.15, -0.1) is 0 Å². The van der Waals surface area contributed by atoms with Crippen molar-refractivity contribution < 1.29 is 157 Å². The van der Waals surface area contributed by atoms with E-state index in [9.17, 15) is 51.3 Å². The van der Waals surface area contributed by atoms with Gasteiger partial charge in [0, 0.05) is 228 Å². The van der Waals surface area contributed by atoms with E-state index in [-0.39, 0.29) is 50.0 Å². The summed E-state index contributed by atoms with van der Waals surface area (Å²) >= 11 is 0. The molecule has 0 bridgehead atoms. The molecule has 48 nitrogen and oxygen atoms in total. The van der Waals surface area contributed by atoms with E-state index in [1.165, 1.54) is 19.8 Å². The van der Waals surface area contributed by atoms with Gasteiger partial charge in [-0.2, -0.15) is 32.6 Å². The number of β-amino-alcohol motifs (C(OH)–C–C–N with tert-alkyl or cyclic N) is 3. The molecule has 5 unspecified atom stereocenters. The van der Waals surface area contributed by atoms with Crippen LogP contribution in [0.3, 0.4) is 0 Å². The Balaban J connectivity index is 0.000000525. The Labute approximate surface area is 840 Å². The van der Waals surface area contributed by atoms with Gasteiger partial charge in [-0.3, -0.25) is 87.1 Å². The van der Waals surface area contributed by atoms with Gasteiger partial charge >= 0.3 is 17.9 Å². The normalized spacial score (nSPS) is 20.8. The van der Waals surface area contributed by atoms with Crippen LogP contribution < -0.4 is 0 Å². The van der Waals surface area contributed by atoms with Crippen molar-refractivity contribution in [1.82, 2.24) is 58.8 Å². The van der Waals surface area contributed by atoms with Gasteiger partial charge in [0.15, 0.2) is 5.78 Å². The summed E-state index contributed by atoms with van der Waals surface area (Å²) < 4.78 is 134. The molecule has 13 rings (SSSR count). The Kier molecular flexibility index (Phi) is 80.9. The number of nitrogens with zero attached hydrogens (tertiary/aromatic N) is 15. The third-order valence-corrected chi connectivity index (χ3v) is 24.0. The molecule has 1 aromatic carbocycles. The number of ether oxygens (including phenoxy) is 15. The molecule has 0 spiro atoms. The number of nitriles is 3. The van der Waals surface area contributed by atoms with E-state index in [1.54, 1.807) is 4.90 Å². The molecule has 822 valence electrons. The minimum absolute atomic E-state index is 0.000263. The molecule has 0 aromatic heterocycles. The van der Waals surface area contributed by atoms with Crippen LogP contribution in [0.5, 0.6) is 0 Å². The predicted molar refractivity (Wildman–Crippen MR) is 522 cm³/mol. The second-order valence-corrected chi connectivity index (χ2v) is 36.7. The number of carbonyl (C=O) groups excluding carboxylic acids is 4. The zero-order valence-corrected chi connectivity index (χ0v) is 85.8. The largest absolute Gasteiger partial charge is 0.469 e. The number of aliphatic hydroxyl groups excluding tert-OH is 8. The van der Waals surface area contributed by atoms with Crippen LogP contribution in [0.4, 0.5) is 0 Å². The van der Waals surface area contributed by atoms with Gasteiger partial charge in [-0.25, -0.2) is 0 Å². The van der Waals surface area contributed by atoms with Crippen LogP contribution in [0.15, 0.2) is 42.5 Å². The molecule has 0 saturated carbocycles. The van der Waals surface area contributed by atoms with Gasteiger partial charge in [0.05, 0.1) is 268 Å². The maximum atomic E-state index is 11.6. The molecule has 10 N–H and O–H groups in total. The molecule has 5 atom stereocenters. The summed E-state index contributed by atoms with van der Waals surface area (Å²) in [4.78, 5) is 69.5. The van der Waals surface area contributed by atoms with E-state index in [0.29, 0.717) is 130 Å². The summed E-state index contributed by atoms with van der Waals surface area (Å²) in [7, 11) is -5.06. The fourth-order valence-corrected chi connectivity index (χ4v) is 15.3. The Hall–Kier alpha value is -5.95. The molecule has 0 aliphatic carbocycles. The Bertz CT molecular complexity index is 3630. The van der Waals surface area contributed by atoms with Crippen molar-refractivity contribution in [2.24, 2.45) is 0 Å². The lowest BCUT2D eigenvalue weighted by Crippen LogP contribution is -2.48. The first-order valence-electron chi connectivity index (χ1n) is 48.9. The van der Waals surface area contributed by atoms with Gasteiger partial charge < -0.3 is 112 Å². The van der Waals surface area contributed by atoms with E-state index in [2.05, 4.69) is 97.7 Å². The van der Waals surface area contributed by atoms with Crippen molar-refractivity contribution in [2.75, 3.05) is 440 Å². The average molecular weight is 2080 g/mol. The lowest BCUT2D eigenvalue weighted by molar-refractivity contribution is -0.144. The molecule has 12 aliphatic heterocycles. The summed E-state index contributed by atoms with van der Waals surface area (Å²) in [5, 5.41) is 97.1. The number of Topliss-reactive ketones (excluding diaryl/α,β-unsaturated/α-hetero) is 1. The van der Waals surface area contributed by atoms with E-state index in [4.69, 9.17) is 112 Å². The number of carbonyl (C=O) groups is 4. The SMILES string of the molecule is C=C(C#N)CN1CCOCC1.CCOC(=O)CCN1CCOCC1.COC(=O)CCN1CCOCC1.COC(=O)CN1CCOCC1.N#CCCN1CCOCC1.N#CCN1CCOCC1.O=C(CN1CCOCC1)C(O)C(O)C(O)CO.O=S(=O)(O)CC(O)CN1CCOCC1.O=S(=O)(O)CCN1CCOCC1.OCC(O)CN1CCOCC1.OCCN1CCOCC1.c1ccc(CN2CCOCC2)cc1. The van der Waals surface area contributed by atoms with E-state index >= 15 is 0 Å². The van der Waals surface area contributed by atoms with Crippen LogP contribution in [0.25, 0.3) is 0 Å². The Morgan fingerprint density at radius 3 is 1.06 bits per heavy atom. The predicted octanol–water partition coefficient (Wildman–Crippen LogP) is -5.64. The highest BCUT2D eigenvalue weighted by atomic mass is 32.2. The van der Waals surface area contributed by atoms with Gasteiger partial charge in [-0.05, 0) is 12.5 Å². The second-order valence-electron chi connectivity index (χ2n) is 33.7. The maximum Gasteiger partial charge on any atom is 0.319 e. The first-order chi connectivity index (χ1) is 68.5. The maximum absolute atomic E-state index is 11.6. The second kappa shape index (κ2) is 87.0. The Morgan fingerprint density at radius 2 is 0.725 bits per heavy atom. The summed E-state index contributed by atoms with van der Waals surface area (Å²) in [6.07, 6.45) is -4.88. The zero-order valence-electron chi connectivity index (χ0n) is 84.2. The third kappa shape index (κ3) is 74.9. The standard InChI is InChI=1S/C11H15NO.C10H19NO6.C9H17NO3.C8H12N2O.C8H15NO3.C7H12N2O.C7H15NO5S.C7H13NO3.C7H15NO3.C6H10N2O.C6H13NO4S.C6H13NO2/c1-2-4-11(5-3-1)10-12-6-8-13-9-7-12;12-6-8(14)10(16)9(15)7(13)5-11-1-3-17-4-2-11;1-2-13-9(11)3-4-10-5-7-12-8-6-10;1-8(6-9)7-10-2-4-11-5-3-10;1-11-8(10)2-3-9-4-6-12-7-5-9;8-2-1-3-9-4-6-10-7-5-9;9-7(6-14(10,11)12)5-8-1-3-13-4-2-8;1-10-7(9)6-8-2-4-11-5-3-8;9-6-7(10)5-8-1-3-11-4-2-8;7-1-2-8-3-5-9-6-4-8;8-12(9,10)6-3-7-1-4-11-5-2-7;8-4-1-7-2-5-9-6-3-7/h1-5H,6-10H2;8-10,12,14-16H,1-6H2;2-8H2,1H3;1-5,7H2;2-7H2,1H3;1,3-7H2;7,9H,1-6H2,(H,10,11,12);2-6H2,1H3;7,9-10H,1-6H2;2-6H2;1-6H2,(H,8,9,10);8H,1-6H2. The van der Waals surface area contributed by atoms with Crippen LogP contribution >= 0.6 is 0 Å². The molecular formula is C92H169N15O33S2. The first kappa shape index (κ1) is 132. The van der Waals surface area contributed by atoms with Gasteiger partial charge in [-0.1, -0.05) is 36.9 Å². The monoisotopic (exact) mass is 2080 g/mol. The summed E-state index contributed by atoms with van der Waals surface area (Å²) in [6.45, 7) is 51.1. The van der Waals surface area contributed by atoms with Crippen molar-refractivity contribution in [2.45, 2.75) is 63.3 Å². The molecule has 12 aliphatic rings. The minimum atomic E-state index is -4.08. The average Bonchev–Trinajstić information content (AvgIpc) is 0.874. The van der Waals surface area contributed by atoms with Gasteiger partial charge in [0.2, 0.25) is 0 Å². The van der Waals surface area contributed by atoms with Gasteiger partial charge in [0.25, 0.3) is 20.2 Å². The highest BCUT2D eigenvalue weighted by molar-refractivity contribution is 7.86. The first-order valence-corrected chi connectivity index (χ1v) is 52.1. The summed E-state index contributed by atoms with van der Waals surface area (Å²) in [5.41, 5.74) is 2.02. The van der Waals surface area contributed by atoms with Crippen LogP contribution in [-0.4, -0.2) is 620 Å². The number of benzene rings is 1. The molecule has 1 aromatic rings.